The van der Waals surface area contributed by atoms with Gasteiger partial charge < -0.3 is 5.32 Å². The van der Waals surface area contributed by atoms with Gasteiger partial charge in [0.1, 0.15) is 4.60 Å². The number of halogens is 1. The summed E-state index contributed by atoms with van der Waals surface area (Å²) in [4.78, 5) is 4.14. The summed E-state index contributed by atoms with van der Waals surface area (Å²) in [5, 5.41) is 14.3. The predicted molar refractivity (Wildman–Crippen MR) is 65.4 cm³/mol. The lowest BCUT2D eigenvalue weighted by Gasteiger charge is -2.12. The molecule has 1 heterocycles. The summed E-state index contributed by atoms with van der Waals surface area (Å²) in [6.07, 6.45) is 5.08. The molecule has 1 aromatic rings. The monoisotopic (exact) mass is 289 g/mol. The lowest BCUT2D eigenvalue weighted by atomic mass is 10.2. The van der Waals surface area contributed by atoms with Gasteiger partial charge >= 0.3 is 0 Å². The van der Waals surface area contributed by atoms with Gasteiger partial charge in [0.05, 0.1) is 6.20 Å². The molecule has 2 rings (SSSR count). The predicted octanol–water partition coefficient (Wildman–Crippen LogP) is 1.35. The molecular formula is C8H13BrN5P. The van der Waals surface area contributed by atoms with Crippen LogP contribution in [-0.2, 0) is 0 Å². The lowest BCUT2D eigenvalue weighted by molar-refractivity contribution is 0.644. The number of hydrogen-bond acceptors (Lipinski definition) is 5. The maximum Gasteiger partial charge on any atom is 0.242 e. The molecule has 82 valence electrons. The van der Waals surface area contributed by atoms with Crippen molar-refractivity contribution >= 4 is 31.3 Å². The third kappa shape index (κ3) is 3.06. The fourth-order valence-corrected chi connectivity index (χ4v) is 2.26. The van der Waals surface area contributed by atoms with E-state index < -0.39 is 0 Å². The topological polar surface area (TPSA) is 62.7 Å². The summed E-state index contributed by atoms with van der Waals surface area (Å²) < 4.78 is 0.656. The fraction of sp³-hybridized carbons (Fsp3) is 0.625. The second kappa shape index (κ2) is 5.14. The largest absolute Gasteiger partial charge is 0.350 e. The summed E-state index contributed by atoms with van der Waals surface area (Å²) in [6, 6.07) is 1.03. The number of aromatic nitrogens is 3. The number of nitrogens with one attached hydrogen (secondary N) is 2. The maximum atomic E-state index is 4.14. The van der Waals surface area contributed by atoms with Gasteiger partial charge in [0.2, 0.25) is 5.95 Å². The molecule has 0 amide bonds. The Morgan fingerprint density at radius 2 is 2.13 bits per heavy atom. The van der Waals surface area contributed by atoms with Crippen LogP contribution in [0.4, 0.5) is 5.95 Å². The van der Waals surface area contributed by atoms with Crippen molar-refractivity contribution in [1.82, 2.24) is 20.3 Å². The first-order valence-electron chi connectivity index (χ1n) is 4.86. The van der Waals surface area contributed by atoms with Gasteiger partial charge in [-0.1, -0.05) is 9.39 Å². The highest BCUT2D eigenvalue weighted by Gasteiger charge is 2.23. The van der Waals surface area contributed by atoms with Gasteiger partial charge in [-0.2, -0.15) is 0 Å². The highest BCUT2D eigenvalue weighted by atomic mass is 79.9. The van der Waals surface area contributed by atoms with E-state index >= 15 is 0 Å². The van der Waals surface area contributed by atoms with E-state index in [0.717, 1.165) is 12.8 Å². The van der Waals surface area contributed by atoms with Crippen molar-refractivity contribution in [2.75, 3.05) is 5.32 Å². The van der Waals surface area contributed by atoms with Crippen molar-refractivity contribution in [3.8, 4) is 0 Å². The number of nitrogens with zero attached hydrogens (tertiary/aromatic N) is 3. The molecule has 0 aliphatic heterocycles. The number of hydrogen-bond donors (Lipinski definition) is 2. The van der Waals surface area contributed by atoms with E-state index in [2.05, 4.69) is 50.9 Å². The van der Waals surface area contributed by atoms with E-state index in [1.54, 1.807) is 6.20 Å². The molecule has 1 saturated carbocycles. The quantitative estimate of drug-likeness (QED) is 0.823. The van der Waals surface area contributed by atoms with Crippen molar-refractivity contribution in [2.24, 2.45) is 0 Å². The molecule has 3 unspecified atom stereocenters. The average molecular weight is 290 g/mol. The second-order valence-electron chi connectivity index (χ2n) is 3.62. The Balaban J connectivity index is 1.90. The van der Waals surface area contributed by atoms with Crippen LogP contribution in [0.5, 0.6) is 0 Å². The minimum absolute atomic E-state index is 0.450. The van der Waals surface area contributed by atoms with Crippen molar-refractivity contribution in [3.05, 3.63) is 10.8 Å². The molecule has 15 heavy (non-hydrogen) atoms. The fourth-order valence-electron chi connectivity index (χ4n) is 1.77. The van der Waals surface area contributed by atoms with Crippen LogP contribution < -0.4 is 10.4 Å². The highest BCUT2D eigenvalue weighted by molar-refractivity contribution is 9.10. The van der Waals surface area contributed by atoms with Crippen LogP contribution in [0.1, 0.15) is 19.3 Å². The van der Waals surface area contributed by atoms with Gasteiger partial charge in [-0.25, -0.2) is 4.98 Å². The second-order valence-corrected chi connectivity index (χ2v) is 4.77. The number of anilines is 1. The molecule has 0 bridgehead atoms. The van der Waals surface area contributed by atoms with E-state index in [0.29, 0.717) is 22.6 Å². The molecule has 1 fully saturated rings. The smallest absolute Gasteiger partial charge is 0.242 e. The first-order valence-corrected chi connectivity index (χ1v) is 6.23. The molecule has 3 atom stereocenters. The SMILES string of the molecule is PNC1CCC(Nc2ncc(Br)nn2)C1. The van der Waals surface area contributed by atoms with Gasteiger partial charge in [0.15, 0.2) is 0 Å². The summed E-state index contributed by atoms with van der Waals surface area (Å²) >= 11 is 3.20. The van der Waals surface area contributed by atoms with E-state index in [9.17, 15) is 0 Å². The van der Waals surface area contributed by atoms with Crippen LogP contribution in [0.2, 0.25) is 0 Å². The summed E-state index contributed by atoms with van der Waals surface area (Å²) in [5.74, 6) is 0.604. The summed E-state index contributed by atoms with van der Waals surface area (Å²) in [6.45, 7) is 0. The lowest BCUT2D eigenvalue weighted by Crippen LogP contribution is -2.22. The van der Waals surface area contributed by atoms with Crippen LogP contribution >= 0.6 is 25.3 Å². The van der Waals surface area contributed by atoms with Crippen molar-refractivity contribution in [3.63, 3.8) is 0 Å². The minimum Gasteiger partial charge on any atom is -0.350 e. The molecule has 0 saturated heterocycles. The Kier molecular flexibility index (Phi) is 3.83. The molecule has 5 nitrogen and oxygen atoms in total. The number of rotatable bonds is 3. The summed E-state index contributed by atoms with van der Waals surface area (Å²) in [7, 11) is 2.57. The first-order chi connectivity index (χ1) is 7.28. The van der Waals surface area contributed by atoms with Gasteiger partial charge in [-0.15, -0.1) is 10.2 Å². The maximum absolute atomic E-state index is 4.14. The van der Waals surface area contributed by atoms with Crippen LogP contribution in [0.15, 0.2) is 10.8 Å². The summed E-state index contributed by atoms with van der Waals surface area (Å²) in [5.41, 5.74) is 0. The molecule has 0 aromatic carbocycles. The molecule has 1 aliphatic carbocycles. The third-order valence-corrected chi connectivity index (χ3v) is 3.37. The Morgan fingerprint density at radius 1 is 1.33 bits per heavy atom. The van der Waals surface area contributed by atoms with Crippen LogP contribution in [0.25, 0.3) is 0 Å². The molecule has 1 aromatic heterocycles. The molecule has 2 N–H and O–H groups in total. The van der Waals surface area contributed by atoms with Crippen LogP contribution in [0.3, 0.4) is 0 Å². The average Bonchev–Trinajstić information content (AvgIpc) is 2.69. The van der Waals surface area contributed by atoms with E-state index in [-0.39, 0.29) is 0 Å². The molecule has 0 radical (unpaired) electrons. The molecule has 0 spiro atoms. The zero-order valence-electron chi connectivity index (χ0n) is 8.15. The first kappa shape index (κ1) is 11.2. The molecular weight excluding hydrogens is 277 g/mol. The standard InChI is InChI=1S/C8H13BrN5P/c9-7-4-10-8(13-12-7)11-5-1-2-6(3-5)14-15/h4-6,14H,1-3,15H2,(H,10,11,13). The van der Waals surface area contributed by atoms with Crippen LogP contribution in [-0.4, -0.2) is 27.3 Å². The van der Waals surface area contributed by atoms with Crippen LogP contribution in [0, 0.1) is 0 Å². The van der Waals surface area contributed by atoms with E-state index in [1.807, 2.05) is 0 Å². The van der Waals surface area contributed by atoms with E-state index in [4.69, 9.17) is 0 Å². The van der Waals surface area contributed by atoms with E-state index in [1.165, 1.54) is 6.42 Å². The Morgan fingerprint density at radius 3 is 2.73 bits per heavy atom. The van der Waals surface area contributed by atoms with Gasteiger partial charge in [-0.3, -0.25) is 5.09 Å². The molecule has 7 heteroatoms. The zero-order valence-corrected chi connectivity index (χ0v) is 10.9. The van der Waals surface area contributed by atoms with Gasteiger partial charge in [-0.05, 0) is 35.2 Å². The highest BCUT2D eigenvalue weighted by Crippen LogP contribution is 2.22. The van der Waals surface area contributed by atoms with Crippen molar-refractivity contribution in [1.29, 1.82) is 0 Å². The zero-order chi connectivity index (χ0) is 10.7. The van der Waals surface area contributed by atoms with Crippen molar-refractivity contribution < 1.29 is 0 Å². The Bertz CT molecular complexity index is 319. The minimum atomic E-state index is 0.450. The van der Waals surface area contributed by atoms with Crippen molar-refractivity contribution in [2.45, 2.75) is 31.3 Å². The Labute approximate surface area is 99.2 Å². The van der Waals surface area contributed by atoms with Gasteiger partial charge in [0, 0.05) is 12.1 Å². The molecule has 1 aliphatic rings. The third-order valence-electron chi connectivity index (χ3n) is 2.54. The Hall–Kier alpha value is -0.320. The van der Waals surface area contributed by atoms with Gasteiger partial charge in [0.25, 0.3) is 0 Å². The normalized spacial score (nSPS) is 25.5.